The number of nitrogens with zero attached hydrogens (tertiary/aromatic N) is 1. The molecule has 2 saturated carbocycles. The average molecular weight is 292 g/mol. The average Bonchev–Trinajstić information content (AvgIpc) is 3.23. The highest BCUT2D eigenvalue weighted by atomic mass is 19.1. The van der Waals surface area contributed by atoms with Gasteiger partial charge in [0, 0.05) is 37.5 Å². The van der Waals surface area contributed by atoms with Crippen LogP contribution in [0.4, 0.5) is 10.1 Å². The Labute approximate surface area is 126 Å². The van der Waals surface area contributed by atoms with Crippen molar-refractivity contribution in [2.45, 2.75) is 57.2 Å². The highest BCUT2D eigenvalue weighted by Gasteiger charge is 2.27. The molecule has 0 spiro atoms. The van der Waals surface area contributed by atoms with Gasteiger partial charge in [0.15, 0.2) is 0 Å². The van der Waals surface area contributed by atoms with E-state index in [1.807, 2.05) is 6.07 Å². The molecule has 0 bridgehead atoms. The third-order valence-electron chi connectivity index (χ3n) is 4.58. The van der Waals surface area contributed by atoms with Crippen molar-refractivity contribution < 1.29 is 9.50 Å². The summed E-state index contributed by atoms with van der Waals surface area (Å²) >= 11 is 0. The monoisotopic (exact) mass is 292 g/mol. The molecule has 116 valence electrons. The Morgan fingerprint density at radius 3 is 2.67 bits per heavy atom. The van der Waals surface area contributed by atoms with Crippen LogP contribution < -0.4 is 10.2 Å². The van der Waals surface area contributed by atoms with Crippen LogP contribution in [0.5, 0.6) is 0 Å². The van der Waals surface area contributed by atoms with Gasteiger partial charge in [-0.1, -0.05) is 0 Å². The molecule has 0 heterocycles. The normalized spacial score (nSPS) is 18.6. The second kappa shape index (κ2) is 6.75. The number of hydrogen-bond acceptors (Lipinski definition) is 3. The van der Waals surface area contributed by atoms with Crippen LogP contribution in [-0.2, 0) is 6.54 Å². The van der Waals surface area contributed by atoms with Crippen molar-refractivity contribution in [3.63, 3.8) is 0 Å². The van der Waals surface area contributed by atoms with E-state index in [0.717, 1.165) is 30.8 Å². The summed E-state index contributed by atoms with van der Waals surface area (Å²) in [5, 5.41) is 12.6. The van der Waals surface area contributed by atoms with Crippen molar-refractivity contribution in [1.29, 1.82) is 0 Å². The summed E-state index contributed by atoms with van der Waals surface area (Å²) in [6.45, 7) is 1.80. The van der Waals surface area contributed by atoms with Gasteiger partial charge in [0.05, 0.1) is 0 Å². The molecule has 0 aliphatic heterocycles. The lowest BCUT2D eigenvalue weighted by atomic mass is 9.90. The third-order valence-corrected chi connectivity index (χ3v) is 4.58. The number of nitrogens with one attached hydrogen (secondary N) is 1. The Balaban J connectivity index is 1.78. The van der Waals surface area contributed by atoms with E-state index in [2.05, 4.69) is 10.2 Å². The molecule has 1 aromatic rings. The van der Waals surface area contributed by atoms with E-state index in [9.17, 15) is 4.39 Å². The number of rotatable bonds is 8. The molecule has 4 heteroatoms. The SMILES string of the molecule is OCCCN(c1ccc(F)cc1CNC1CC1)C1CCC1. The fourth-order valence-electron chi connectivity index (χ4n) is 2.96. The molecule has 3 rings (SSSR count). The molecule has 2 N–H and O–H groups in total. The quantitative estimate of drug-likeness (QED) is 0.773. The van der Waals surface area contributed by atoms with Gasteiger partial charge in [-0.25, -0.2) is 4.39 Å². The van der Waals surface area contributed by atoms with E-state index in [1.54, 1.807) is 12.1 Å². The number of halogens is 1. The third kappa shape index (κ3) is 3.74. The summed E-state index contributed by atoms with van der Waals surface area (Å²) < 4.78 is 13.6. The van der Waals surface area contributed by atoms with Crippen LogP contribution in [0.3, 0.4) is 0 Å². The van der Waals surface area contributed by atoms with Gasteiger partial charge in [-0.3, -0.25) is 0 Å². The second-order valence-corrected chi connectivity index (χ2v) is 6.28. The van der Waals surface area contributed by atoms with Gasteiger partial charge < -0.3 is 15.3 Å². The molecule has 0 radical (unpaired) electrons. The molecular weight excluding hydrogens is 267 g/mol. The van der Waals surface area contributed by atoms with Crippen molar-refractivity contribution in [1.82, 2.24) is 5.32 Å². The molecule has 0 atom stereocenters. The fraction of sp³-hybridized carbons (Fsp3) is 0.647. The maximum Gasteiger partial charge on any atom is 0.123 e. The van der Waals surface area contributed by atoms with Gasteiger partial charge in [0.2, 0.25) is 0 Å². The molecule has 3 nitrogen and oxygen atoms in total. The van der Waals surface area contributed by atoms with Gasteiger partial charge in [0.25, 0.3) is 0 Å². The molecular formula is C17H25FN2O. The Morgan fingerprint density at radius 1 is 1.24 bits per heavy atom. The molecule has 2 aliphatic carbocycles. The van der Waals surface area contributed by atoms with Crippen LogP contribution in [0.2, 0.25) is 0 Å². The first-order chi connectivity index (χ1) is 10.3. The zero-order valence-electron chi connectivity index (χ0n) is 12.5. The van der Waals surface area contributed by atoms with E-state index >= 15 is 0 Å². The van der Waals surface area contributed by atoms with Gasteiger partial charge in [-0.15, -0.1) is 0 Å². The van der Waals surface area contributed by atoms with Crippen molar-refractivity contribution >= 4 is 5.69 Å². The molecule has 0 amide bonds. The minimum Gasteiger partial charge on any atom is -0.396 e. The van der Waals surface area contributed by atoms with Crippen molar-refractivity contribution in [2.75, 3.05) is 18.1 Å². The minimum absolute atomic E-state index is 0.165. The second-order valence-electron chi connectivity index (χ2n) is 6.28. The van der Waals surface area contributed by atoms with Crippen LogP contribution in [-0.4, -0.2) is 30.3 Å². The first-order valence-electron chi connectivity index (χ1n) is 8.17. The molecule has 2 fully saturated rings. The van der Waals surface area contributed by atoms with Crippen molar-refractivity contribution in [2.24, 2.45) is 0 Å². The first kappa shape index (κ1) is 14.8. The number of hydrogen-bond donors (Lipinski definition) is 2. The number of anilines is 1. The topological polar surface area (TPSA) is 35.5 Å². The standard InChI is InChI=1S/C17H25FN2O/c18-14-5-8-17(13(11-14)12-19-15-6-7-15)20(9-2-10-21)16-3-1-4-16/h5,8,11,15-16,19,21H,1-4,6-7,9-10,12H2. The van der Waals surface area contributed by atoms with E-state index in [-0.39, 0.29) is 12.4 Å². The van der Waals surface area contributed by atoms with E-state index in [4.69, 9.17) is 5.11 Å². The largest absolute Gasteiger partial charge is 0.396 e. The first-order valence-corrected chi connectivity index (χ1v) is 8.17. The number of benzene rings is 1. The summed E-state index contributed by atoms with van der Waals surface area (Å²) in [4.78, 5) is 2.38. The lowest BCUT2D eigenvalue weighted by Gasteiger charge is -2.40. The maximum atomic E-state index is 13.6. The number of aliphatic hydroxyl groups is 1. The Bertz CT molecular complexity index is 472. The fourth-order valence-corrected chi connectivity index (χ4v) is 2.96. The molecule has 1 aromatic carbocycles. The smallest absolute Gasteiger partial charge is 0.123 e. The van der Waals surface area contributed by atoms with Gasteiger partial charge in [0.1, 0.15) is 5.82 Å². The maximum absolute atomic E-state index is 13.6. The van der Waals surface area contributed by atoms with Crippen molar-refractivity contribution in [3.05, 3.63) is 29.6 Å². The molecule has 0 unspecified atom stereocenters. The highest BCUT2D eigenvalue weighted by Crippen LogP contribution is 2.32. The van der Waals surface area contributed by atoms with E-state index in [1.165, 1.54) is 32.1 Å². The summed E-state index contributed by atoms with van der Waals surface area (Å²) in [7, 11) is 0. The van der Waals surface area contributed by atoms with E-state index < -0.39 is 0 Å². The van der Waals surface area contributed by atoms with Crippen LogP contribution in [0.15, 0.2) is 18.2 Å². The molecule has 0 saturated heterocycles. The Hall–Kier alpha value is -1.13. The Morgan fingerprint density at radius 2 is 2.05 bits per heavy atom. The van der Waals surface area contributed by atoms with Gasteiger partial charge >= 0.3 is 0 Å². The molecule has 2 aliphatic rings. The minimum atomic E-state index is -0.165. The lowest BCUT2D eigenvalue weighted by molar-refractivity contribution is 0.283. The lowest BCUT2D eigenvalue weighted by Crippen LogP contribution is -2.42. The summed E-state index contributed by atoms with van der Waals surface area (Å²) in [6.07, 6.45) is 6.93. The van der Waals surface area contributed by atoms with Crippen LogP contribution >= 0.6 is 0 Å². The summed E-state index contributed by atoms with van der Waals surface area (Å²) in [5.74, 6) is -0.165. The van der Waals surface area contributed by atoms with Crippen LogP contribution in [0, 0.1) is 5.82 Å². The predicted octanol–water partition coefficient (Wildman–Crippen LogP) is 2.82. The van der Waals surface area contributed by atoms with Crippen LogP contribution in [0.1, 0.15) is 44.1 Å². The number of aliphatic hydroxyl groups excluding tert-OH is 1. The summed E-state index contributed by atoms with van der Waals surface area (Å²) in [5.41, 5.74) is 2.19. The zero-order valence-corrected chi connectivity index (χ0v) is 12.5. The molecule has 0 aromatic heterocycles. The molecule has 21 heavy (non-hydrogen) atoms. The van der Waals surface area contributed by atoms with Crippen molar-refractivity contribution in [3.8, 4) is 0 Å². The Kier molecular flexibility index (Phi) is 4.76. The van der Waals surface area contributed by atoms with E-state index in [0.29, 0.717) is 12.1 Å². The predicted molar refractivity (Wildman–Crippen MR) is 82.9 cm³/mol. The van der Waals surface area contributed by atoms with Crippen LogP contribution in [0.25, 0.3) is 0 Å². The zero-order chi connectivity index (χ0) is 14.7. The highest BCUT2D eigenvalue weighted by molar-refractivity contribution is 5.55. The van der Waals surface area contributed by atoms with Gasteiger partial charge in [-0.2, -0.15) is 0 Å². The van der Waals surface area contributed by atoms with Gasteiger partial charge in [-0.05, 0) is 62.3 Å². The summed E-state index contributed by atoms with van der Waals surface area (Å²) in [6, 6.07) is 6.31.